The number of hydrogen-bond donors (Lipinski definition) is 9. The van der Waals surface area contributed by atoms with Crippen molar-refractivity contribution in [2.24, 2.45) is 0 Å². The van der Waals surface area contributed by atoms with Crippen molar-refractivity contribution in [3.05, 3.63) is 149 Å². The monoisotopic (exact) mass is 1520 g/mol. The van der Waals surface area contributed by atoms with Gasteiger partial charge in [-0.05, 0) is 275 Å². The number of benzene rings is 4. The van der Waals surface area contributed by atoms with E-state index in [9.17, 15) is 62.8 Å². The number of fused-ring (bicyclic) bond motifs is 4. The zero-order valence-electron chi connectivity index (χ0n) is 64.8. The first kappa shape index (κ1) is 91.1. The number of nitrogens with zero attached hydrogens (tertiary/aromatic N) is 6. The Balaban J connectivity index is 0.000000234. The van der Waals surface area contributed by atoms with Crippen molar-refractivity contribution in [2.75, 3.05) is 26.2 Å². The second-order valence-electron chi connectivity index (χ2n) is 29.1. The molecule has 19 nitrogen and oxygen atoms in total. The number of alkyl halides is 3. The van der Waals surface area contributed by atoms with Gasteiger partial charge in [0.1, 0.15) is 6.29 Å². The summed E-state index contributed by atoms with van der Waals surface area (Å²) in [5, 5.41) is 78.0. The quantitative estimate of drug-likeness (QED) is 0.0140. The number of nitrogens with one attached hydrogen (secondary N) is 2. The van der Waals surface area contributed by atoms with Crippen molar-refractivity contribution in [2.45, 2.75) is 227 Å². The minimum Gasteiger partial charge on any atom is -0.437 e. The second-order valence-corrected chi connectivity index (χ2v) is 30.0. The van der Waals surface area contributed by atoms with Crippen LogP contribution in [0.5, 0.6) is 0 Å². The topological polar surface area (TPSA) is 262 Å². The molecule has 12 rings (SSSR count). The number of Topliss-reactive ketones (excluding diaryl/α,β-unsaturated/α-hetero) is 2. The maximum absolute atomic E-state index is 13.4. The third-order valence-electron chi connectivity index (χ3n) is 20.5. The Morgan fingerprint density at radius 1 is 0.557 bits per heavy atom. The normalized spacial score (nSPS) is 20.2. The summed E-state index contributed by atoms with van der Waals surface area (Å²) in [4.78, 5) is 55.2. The molecule has 4 saturated heterocycles. The van der Waals surface area contributed by atoms with Gasteiger partial charge in [0.15, 0.2) is 11.6 Å². The SMILES string of the molecule is CB(O)n1ccc2cc(Br)ccc21.CCCC1(C(=O)c2ccc3[nH]ccc3c2)CCCN1.CCCC1(C(=O)c2ccc3c(ccn3B(C)O)c2)CCCN1B(C)O.CCCC1(C(O)c2ccc3c(ccn3B(C)O)c2)CCCN1B(C)O.CCCC1(C=O)CCCN1B(C)O.C[C-](C)C.O=CC(F)(F)F.[Li+]. The average molecular weight is 1520 g/mol. The molecule has 106 heavy (non-hydrogen) atoms. The van der Waals surface area contributed by atoms with Crippen LogP contribution in [-0.2, 0) is 9.59 Å². The van der Waals surface area contributed by atoms with Crippen molar-refractivity contribution in [3.8, 4) is 0 Å². The number of carbonyl (C=O) groups excluding carboxylic acids is 4. The van der Waals surface area contributed by atoms with Gasteiger partial charge in [0, 0.05) is 54.8 Å². The summed E-state index contributed by atoms with van der Waals surface area (Å²) in [6.07, 6.45) is 17.0. The summed E-state index contributed by atoms with van der Waals surface area (Å²) in [5.74, 6) is 1.77. The van der Waals surface area contributed by atoms with Crippen molar-refractivity contribution in [1.29, 1.82) is 0 Å². The number of rotatable bonds is 21. The Morgan fingerprint density at radius 2 is 1.02 bits per heavy atom. The Bertz CT molecular complexity index is 4060. The minimum absolute atomic E-state index is 0. The van der Waals surface area contributed by atoms with E-state index in [0.29, 0.717) is 5.56 Å². The molecule has 0 saturated carbocycles. The number of carbonyl (C=O) groups is 4. The first-order valence-electron chi connectivity index (χ1n) is 37.4. The summed E-state index contributed by atoms with van der Waals surface area (Å²) in [6, 6.07) is 31.4. The van der Waals surface area contributed by atoms with E-state index < -0.39 is 71.9 Å². The van der Waals surface area contributed by atoms with Crippen LogP contribution in [0.15, 0.2) is 126 Å². The molecule has 5 atom stereocenters. The number of aliphatic hydroxyl groups excluding tert-OH is 1. The average Bonchev–Trinajstić information content (AvgIpc) is 1.55. The van der Waals surface area contributed by atoms with Crippen molar-refractivity contribution < 1.29 is 86.5 Å². The van der Waals surface area contributed by atoms with Gasteiger partial charge in [-0.1, -0.05) is 75.4 Å². The van der Waals surface area contributed by atoms with E-state index in [-0.39, 0.29) is 41.5 Å². The van der Waals surface area contributed by atoms with Gasteiger partial charge >= 0.3 is 67.3 Å². The van der Waals surface area contributed by atoms with Gasteiger partial charge < -0.3 is 84.1 Å². The molecule has 8 heterocycles. The number of aromatic nitrogens is 4. The smallest absolute Gasteiger partial charge is 0.437 e. The molecule has 8 aromatic rings. The first-order valence-corrected chi connectivity index (χ1v) is 38.2. The first-order chi connectivity index (χ1) is 49.7. The molecule has 0 bridgehead atoms. The van der Waals surface area contributed by atoms with Crippen LogP contribution in [-0.4, -0.2) is 189 Å². The van der Waals surface area contributed by atoms with Crippen LogP contribution in [0.25, 0.3) is 43.6 Å². The predicted octanol–water partition coefficient (Wildman–Crippen LogP) is 10.8. The maximum atomic E-state index is 13.4. The maximum Gasteiger partial charge on any atom is 1.00 e. The van der Waals surface area contributed by atoms with E-state index in [2.05, 4.69) is 79.5 Å². The summed E-state index contributed by atoms with van der Waals surface area (Å²) in [7, 11) is -3.36. The summed E-state index contributed by atoms with van der Waals surface area (Å²) in [6.45, 7) is 28.5. The van der Waals surface area contributed by atoms with Gasteiger partial charge in [-0.3, -0.25) is 14.4 Å². The Morgan fingerprint density at radius 3 is 1.52 bits per heavy atom. The molecule has 4 aromatic heterocycles. The molecule has 4 aliphatic heterocycles. The fourth-order valence-electron chi connectivity index (χ4n) is 16.0. The number of aromatic amines is 1. The third kappa shape index (κ3) is 22.6. The molecule has 5 unspecified atom stereocenters. The van der Waals surface area contributed by atoms with Gasteiger partial charge in [-0.15, -0.1) is 0 Å². The number of H-pyrrole nitrogens is 1. The van der Waals surface area contributed by atoms with E-state index in [1.165, 1.54) is 5.92 Å². The van der Waals surface area contributed by atoms with Crippen molar-refractivity contribution in [1.82, 2.24) is 38.2 Å². The van der Waals surface area contributed by atoms with Gasteiger partial charge in [-0.25, -0.2) is 0 Å². The number of ketones is 2. The van der Waals surface area contributed by atoms with Gasteiger partial charge in [0.2, 0.25) is 6.29 Å². The summed E-state index contributed by atoms with van der Waals surface area (Å²) in [5.41, 5.74) is 4.67. The van der Waals surface area contributed by atoms with Crippen LogP contribution in [0, 0.1) is 5.92 Å². The largest absolute Gasteiger partial charge is 1.00 e. The van der Waals surface area contributed by atoms with Gasteiger partial charge in [0.05, 0.1) is 22.7 Å². The zero-order valence-corrected chi connectivity index (χ0v) is 66.4. The van der Waals surface area contributed by atoms with Crippen molar-refractivity contribution >= 4 is 126 Å². The third-order valence-corrected chi connectivity index (χ3v) is 21.0. The molecule has 4 aromatic carbocycles. The minimum atomic E-state index is -4.64. The molecule has 0 radical (unpaired) electrons. The fourth-order valence-corrected chi connectivity index (χ4v) is 16.4. The molecule has 0 aliphatic carbocycles. The van der Waals surface area contributed by atoms with Crippen LogP contribution in [0.4, 0.5) is 13.2 Å². The number of aldehydes is 2. The predicted molar refractivity (Wildman–Crippen MR) is 429 cm³/mol. The second kappa shape index (κ2) is 41.5. The Kier molecular flexibility index (Phi) is 35.7. The summed E-state index contributed by atoms with van der Waals surface area (Å²) < 4.78 is 37.7. The number of aliphatic hydroxyl groups is 1. The molecule has 0 spiro atoms. The van der Waals surface area contributed by atoms with Crippen LogP contribution >= 0.6 is 15.9 Å². The molecule has 30 heteroatoms. The van der Waals surface area contributed by atoms with Crippen LogP contribution in [0.2, 0.25) is 40.9 Å². The van der Waals surface area contributed by atoms with Gasteiger partial charge in [0.25, 0.3) is 0 Å². The molecule has 568 valence electrons. The van der Waals surface area contributed by atoms with Crippen LogP contribution < -0.4 is 24.2 Å². The van der Waals surface area contributed by atoms with E-state index in [1.807, 2.05) is 140 Å². The number of halogens is 4. The molecular weight excluding hydrogens is 1410 g/mol. The fraction of sp³-hybridized carbons (Fsp3) is 0.513. The molecular formula is C76H111B6BrF3LiN8O11. The summed E-state index contributed by atoms with van der Waals surface area (Å²) >= 11 is 3.41. The molecule has 4 aliphatic rings. The van der Waals surface area contributed by atoms with Gasteiger partial charge in [-0.2, -0.15) is 33.9 Å². The molecule has 0 amide bonds. The zero-order chi connectivity index (χ0) is 77.8. The van der Waals surface area contributed by atoms with E-state index in [0.717, 1.165) is 194 Å². The Hall–Kier alpha value is -5.46. The van der Waals surface area contributed by atoms with E-state index in [4.69, 9.17) is 4.79 Å². The van der Waals surface area contributed by atoms with Crippen molar-refractivity contribution in [3.63, 3.8) is 0 Å². The van der Waals surface area contributed by atoms with Crippen LogP contribution in [0.3, 0.4) is 0 Å². The standard InChI is InChI=1S/C18H28B2N2O3.C18H26B2N2O3.C16H20N2O.C9H9BBrNO.C9H18BNO2.C4H9.C2HF3O.Li/c2*1-4-9-18(10-5-11-22(18)20(3)25)17(23)15-6-7-16-14(13-15)8-12-21(16)19(2)24;1-2-7-16(8-3-9-18-16)15(19)13-4-5-14-12(11-13)6-10-17-14;1-10(13)12-5-4-7-6-8(11)2-3-9(7)12;1-3-5-9(8-12)6-4-7-11(9)10(2)13;1-4(2)3;3-2(4,5)1-6;/h6-8,12-13,17,23-25H,4-5,9-11H2,1-3H3;6-8,12-13,24-25H,4-5,9-11H2,1-3H3;4-6,10-11,17-18H,2-3,7-9H2,1H3;2-6,13H,1H3;8,13H,3-7H2,1-2H3;1-3H3;1H;/q;;;;;-1;;+1. The molecule has 9 N–H and O–H groups in total. The van der Waals surface area contributed by atoms with E-state index in [1.54, 1.807) is 45.4 Å². The molecule has 4 fully saturated rings. The van der Waals surface area contributed by atoms with Crippen LogP contribution in [0.1, 0.15) is 184 Å². The number of hydrogen-bond acceptors (Lipinski definition) is 15. The Labute approximate surface area is 648 Å². The van der Waals surface area contributed by atoms with E-state index >= 15 is 0 Å².